The second-order valence-electron chi connectivity index (χ2n) is 12.5. The molecule has 1 aromatic carbocycles. The van der Waals surface area contributed by atoms with Crippen molar-refractivity contribution in [2.45, 2.75) is 71.5 Å². The molecule has 0 bridgehead atoms. The largest absolute Gasteiger partial charge is 0.380 e. The average molecular weight is 565 g/mol. The molecule has 3 aliphatic rings. The third-order valence-corrected chi connectivity index (χ3v) is 8.40. The number of rotatable bonds is 6. The predicted molar refractivity (Wildman–Crippen MR) is 148 cm³/mol. The second kappa shape index (κ2) is 12.1. The van der Waals surface area contributed by atoms with Crippen molar-refractivity contribution in [1.82, 2.24) is 20.0 Å². The number of nitrogens with zero attached hydrogens (tertiary/aromatic N) is 3. The first-order valence-electron chi connectivity index (χ1n) is 14.0. The second-order valence-corrected chi connectivity index (χ2v) is 13.0. The third-order valence-electron chi connectivity index (χ3n) is 8.16. The molecule has 5 atom stereocenters. The average Bonchev–Trinajstić information content (AvgIpc) is 3.52. The van der Waals surface area contributed by atoms with Gasteiger partial charge < -0.3 is 19.9 Å². The fourth-order valence-electron chi connectivity index (χ4n) is 6.29. The highest BCUT2D eigenvalue weighted by atomic mass is 35.5. The fourth-order valence-corrected chi connectivity index (χ4v) is 6.45. The van der Waals surface area contributed by atoms with E-state index >= 15 is 4.39 Å². The van der Waals surface area contributed by atoms with Crippen LogP contribution in [-0.4, -0.2) is 96.5 Å². The van der Waals surface area contributed by atoms with Gasteiger partial charge >= 0.3 is 0 Å². The van der Waals surface area contributed by atoms with Gasteiger partial charge in [0.25, 0.3) is 0 Å². The summed E-state index contributed by atoms with van der Waals surface area (Å²) in [5, 5.41) is 3.15. The standard InChI is InChI=1S/C29H42ClFN4O4/c1-18-14-33(28(38)26(32-19(2)36)13-29(3,4)5)9-10-35(18)27(37)24-16-34(21-8-11-39-17-21)15-23(24)22-7-6-20(30)12-25(22)31/h6-7,12,18,21,23-24,26H,8-11,13-17H2,1-5H3,(H,32,36)/t18-,21-,23-,24+,26-/m0/s1. The molecule has 0 aliphatic carbocycles. The van der Waals surface area contributed by atoms with Crippen molar-refractivity contribution in [2.24, 2.45) is 11.3 Å². The van der Waals surface area contributed by atoms with Crippen molar-refractivity contribution >= 4 is 29.3 Å². The molecule has 0 spiro atoms. The Morgan fingerprint density at radius 1 is 1.18 bits per heavy atom. The van der Waals surface area contributed by atoms with E-state index in [4.69, 9.17) is 16.3 Å². The molecule has 0 unspecified atom stereocenters. The van der Waals surface area contributed by atoms with E-state index in [1.54, 1.807) is 17.0 Å². The minimum atomic E-state index is -0.605. The van der Waals surface area contributed by atoms with E-state index in [0.29, 0.717) is 62.9 Å². The number of carbonyl (C=O) groups is 3. The van der Waals surface area contributed by atoms with Gasteiger partial charge in [0, 0.05) is 69.3 Å². The highest BCUT2D eigenvalue weighted by Gasteiger charge is 2.45. The maximum atomic E-state index is 15.1. The SMILES string of the molecule is CC(=O)N[C@@H](CC(C)(C)C)C(=O)N1CCN(C(=O)[C@@H]2CN([C@H]3CCOC3)C[C@H]2c2ccc(Cl)cc2F)[C@@H](C)C1. The Labute approximate surface area is 236 Å². The van der Waals surface area contributed by atoms with Gasteiger partial charge in [-0.25, -0.2) is 4.39 Å². The molecule has 10 heteroatoms. The van der Waals surface area contributed by atoms with Gasteiger partial charge in [0.2, 0.25) is 17.7 Å². The third kappa shape index (κ3) is 7.11. The number of hydrogen-bond acceptors (Lipinski definition) is 5. The normalized spacial score (nSPS) is 27.1. The molecule has 0 saturated carbocycles. The number of halogens is 2. The molecule has 3 amide bonds. The zero-order valence-corrected chi connectivity index (χ0v) is 24.5. The first-order valence-corrected chi connectivity index (χ1v) is 14.3. The molecular formula is C29H42ClFN4O4. The van der Waals surface area contributed by atoms with E-state index in [1.807, 2.05) is 32.6 Å². The quantitative estimate of drug-likeness (QED) is 0.573. The topological polar surface area (TPSA) is 82.2 Å². The maximum absolute atomic E-state index is 15.1. The Hall–Kier alpha value is -2.23. The van der Waals surface area contributed by atoms with Gasteiger partial charge in [0.15, 0.2) is 0 Å². The molecule has 0 radical (unpaired) electrons. The van der Waals surface area contributed by atoms with Crippen molar-refractivity contribution < 1.29 is 23.5 Å². The molecule has 3 aliphatic heterocycles. The fraction of sp³-hybridized carbons (Fsp3) is 0.690. The number of piperazine rings is 1. The van der Waals surface area contributed by atoms with Gasteiger partial charge in [0.05, 0.1) is 12.5 Å². The number of benzene rings is 1. The highest BCUT2D eigenvalue weighted by molar-refractivity contribution is 6.30. The number of amides is 3. The molecule has 0 aromatic heterocycles. The number of carbonyl (C=O) groups excluding carboxylic acids is 3. The lowest BCUT2D eigenvalue weighted by Gasteiger charge is -2.42. The van der Waals surface area contributed by atoms with E-state index in [0.717, 1.165) is 6.42 Å². The molecular weight excluding hydrogens is 523 g/mol. The molecule has 1 N–H and O–H groups in total. The molecule has 216 valence electrons. The number of nitrogens with one attached hydrogen (secondary N) is 1. The Morgan fingerprint density at radius 2 is 1.92 bits per heavy atom. The van der Waals surface area contributed by atoms with Crippen LogP contribution in [0.5, 0.6) is 0 Å². The Bertz CT molecular complexity index is 1070. The predicted octanol–water partition coefficient (Wildman–Crippen LogP) is 3.28. The summed E-state index contributed by atoms with van der Waals surface area (Å²) in [5.74, 6) is -1.45. The summed E-state index contributed by atoms with van der Waals surface area (Å²) < 4.78 is 20.7. The van der Waals surface area contributed by atoms with Crippen LogP contribution in [0, 0.1) is 17.2 Å². The number of hydrogen-bond donors (Lipinski definition) is 1. The van der Waals surface area contributed by atoms with Gasteiger partial charge in [-0.3, -0.25) is 19.3 Å². The molecule has 1 aromatic rings. The van der Waals surface area contributed by atoms with Crippen LogP contribution in [0.2, 0.25) is 5.02 Å². The van der Waals surface area contributed by atoms with Gasteiger partial charge in [-0.05, 0) is 42.9 Å². The summed E-state index contributed by atoms with van der Waals surface area (Å²) in [6.45, 7) is 13.1. The first-order chi connectivity index (χ1) is 18.3. The Balaban J connectivity index is 1.49. The lowest BCUT2D eigenvalue weighted by Crippen LogP contribution is -2.60. The van der Waals surface area contributed by atoms with Crippen LogP contribution in [0.4, 0.5) is 4.39 Å². The summed E-state index contributed by atoms with van der Waals surface area (Å²) in [4.78, 5) is 45.1. The van der Waals surface area contributed by atoms with E-state index in [-0.39, 0.29) is 47.0 Å². The van der Waals surface area contributed by atoms with Crippen molar-refractivity contribution in [3.63, 3.8) is 0 Å². The van der Waals surface area contributed by atoms with Crippen molar-refractivity contribution in [3.05, 3.63) is 34.6 Å². The van der Waals surface area contributed by atoms with Crippen LogP contribution in [-0.2, 0) is 19.1 Å². The van der Waals surface area contributed by atoms with E-state index < -0.39 is 12.0 Å². The van der Waals surface area contributed by atoms with Crippen LogP contribution >= 0.6 is 11.6 Å². The van der Waals surface area contributed by atoms with E-state index in [2.05, 4.69) is 10.2 Å². The summed E-state index contributed by atoms with van der Waals surface area (Å²) in [6.07, 6.45) is 1.42. The lowest BCUT2D eigenvalue weighted by molar-refractivity contribution is -0.147. The van der Waals surface area contributed by atoms with E-state index in [1.165, 1.54) is 13.0 Å². The Morgan fingerprint density at radius 3 is 2.51 bits per heavy atom. The van der Waals surface area contributed by atoms with Gasteiger partial charge in [-0.15, -0.1) is 0 Å². The van der Waals surface area contributed by atoms with Gasteiger partial charge in [-0.2, -0.15) is 0 Å². The molecule has 4 rings (SSSR count). The minimum absolute atomic E-state index is 0.0107. The lowest BCUT2D eigenvalue weighted by atomic mass is 9.86. The smallest absolute Gasteiger partial charge is 0.245 e. The van der Waals surface area contributed by atoms with Crippen LogP contribution in [0.1, 0.15) is 58.9 Å². The van der Waals surface area contributed by atoms with Crippen LogP contribution < -0.4 is 5.32 Å². The first kappa shape index (κ1) is 29.7. The van der Waals surface area contributed by atoms with Crippen LogP contribution in [0.15, 0.2) is 18.2 Å². The van der Waals surface area contributed by atoms with Crippen molar-refractivity contribution in [2.75, 3.05) is 45.9 Å². The Kier molecular flexibility index (Phi) is 9.23. The molecule has 39 heavy (non-hydrogen) atoms. The molecule has 3 heterocycles. The summed E-state index contributed by atoms with van der Waals surface area (Å²) in [5.41, 5.74) is 0.373. The zero-order chi connectivity index (χ0) is 28.5. The molecule has 8 nitrogen and oxygen atoms in total. The molecule has 3 saturated heterocycles. The monoisotopic (exact) mass is 564 g/mol. The number of likely N-dealkylation sites (tertiary alicyclic amines) is 1. The van der Waals surface area contributed by atoms with Crippen LogP contribution in [0.3, 0.4) is 0 Å². The molecule has 3 fully saturated rings. The van der Waals surface area contributed by atoms with Gasteiger partial charge in [0.1, 0.15) is 11.9 Å². The van der Waals surface area contributed by atoms with E-state index in [9.17, 15) is 14.4 Å². The van der Waals surface area contributed by atoms with Gasteiger partial charge in [-0.1, -0.05) is 38.4 Å². The summed E-state index contributed by atoms with van der Waals surface area (Å²) in [6, 6.07) is 4.11. The summed E-state index contributed by atoms with van der Waals surface area (Å²) in [7, 11) is 0. The maximum Gasteiger partial charge on any atom is 0.245 e. The van der Waals surface area contributed by atoms with Crippen LogP contribution in [0.25, 0.3) is 0 Å². The highest BCUT2D eigenvalue weighted by Crippen LogP contribution is 2.38. The zero-order valence-electron chi connectivity index (χ0n) is 23.7. The summed E-state index contributed by atoms with van der Waals surface area (Å²) >= 11 is 6.02. The minimum Gasteiger partial charge on any atom is -0.380 e. The number of ether oxygens (including phenoxy) is 1. The van der Waals surface area contributed by atoms with Crippen molar-refractivity contribution in [1.29, 1.82) is 0 Å². The van der Waals surface area contributed by atoms with Crippen molar-refractivity contribution in [3.8, 4) is 0 Å².